The fourth-order valence-electron chi connectivity index (χ4n) is 3.84. The Bertz CT molecular complexity index is 907. The number of fused-ring (bicyclic) bond motifs is 1. The average Bonchev–Trinajstić information content (AvgIpc) is 2.76. The van der Waals surface area contributed by atoms with E-state index in [1.807, 2.05) is 0 Å². The number of aromatic nitrogens is 1. The van der Waals surface area contributed by atoms with E-state index in [1.165, 1.54) is 31.5 Å². The Morgan fingerprint density at radius 2 is 1.93 bits per heavy atom. The summed E-state index contributed by atoms with van der Waals surface area (Å²) in [6.45, 7) is 4.64. The number of pyridine rings is 1. The van der Waals surface area contributed by atoms with Crippen LogP contribution in [0, 0.1) is 0 Å². The summed E-state index contributed by atoms with van der Waals surface area (Å²) in [4.78, 5) is 10.9. The first kappa shape index (κ1) is 20.8. The van der Waals surface area contributed by atoms with E-state index in [0.717, 1.165) is 37.0 Å². The number of benzene rings is 1. The van der Waals surface area contributed by atoms with Crippen molar-refractivity contribution in [3.05, 3.63) is 47.7 Å². The summed E-state index contributed by atoms with van der Waals surface area (Å²) in [5.74, 6) is 0.690. The largest absolute Gasteiger partial charge is 0.418 e. The number of amidine groups is 1. The van der Waals surface area contributed by atoms with Crippen LogP contribution in [0.15, 0.2) is 41.5 Å². The topological polar surface area (TPSA) is 49.8 Å². The summed E-state index contributed by atoms with van der Waals surface area (Å²) in [7, 11) is 0. The Hall–Kier alpha value is -2.45. The summed E-state index contributed by atoms with van der Waals surface area (Å²) in [6, 6.07) is 7.51. The van der Waals surface area contributed by atoms with Crippen molar-refractivity contribution in [2.75, 3.05) is 38.2 Å². The number of piperidine rings is 1. The van der Waals surface area contributed by atoms with Crippen LogP contribution in [0.5, 0.6) is 0 Å². The molecule has 0 atom stereocenters. The number of likely N-dealkylation sites (tertiary alicyclic amines) is 1. The van der Waals surface area contributed by atoms with Gasteiger partial charge in [-0.3, -0.25) is 9.98 Å². The van der Waals surface area contributed by atoms with Gasteiger partial charge in [0.25, 0.3) is 0 Å². The number of aliphatic imine (C=N–C) groups is 1. The molecule has 8 heteroatoms. The first-order valence-electron chi connectivity index (χ1n) is 10.3. The van der Waals surface area contributed by atoms with E-state index in [2.05, 4.69) is 20.2 Å². The Kier molecular flexibility index (Phi) is 6.34. The molecule has 1 fully saturated rings. The minimum atomic E-state index is -4.46. The molecule has 1 N–H and O–H groups in total. The Labute approximate surface area is 174 Å². The van der Waals surface area contributed by atoms with Crippen molar-refractivity contribution in [2.24, 2.45) is 4.99 Å². The van der Waals surface area contributed by atoms with Crippen LogP contribution in [-0.4, -0.2) is 48.6 Å². The number of nitrogens with zero attached hydrogens (tertiary/aromatic N) is 3. The molecule has 2 aliphatic rings. The van der Waals surface area contributed by atoms with Crippen LogP contribution in [0.1, 0.15) is 30.4 Å². The monoisotopic (exact) mass is 418 g/mol. The minimum Gasteiger partial charge on any atom is -0.372 e. The zero-order chi connectivity index (χ0) is 21.0. The molecule has 1 aromatic heterocycles. The van der Waals surface area contributed by atoms with E-state index in [9.17, 15) is 13.2 Å². The smallest absolute Gasteiger partial charge is 0.372 e. The van der Waals surface area contributed by atoms with Gasteiger partial charge >= 0.3 is 6.18 Å². The van der Waals surface area contributed by atoms with Crippen LogP contribution in [0.2, 0.25) is 0 Å². The molecular weight excluding hydrogens is 393 g/mol. The summed E-state index contributed by atoms with van der Waals surface area (Å²) in [5, 5.41) is 3.21. The van der Waals surface area contributed by atoms with Crippen LogP contribution in [0.25, 0.3) is 11.3 Å². The minimum absolute atomic E-state index is 0.0727. The van der Waals surface area contributed by atoms with Gasteiger partial charge in [-0.05, 0) is 49.7 Å². The third-order valence-corrected chi connectivity index (χ3v) is 5.45. The number of anilines is 1. The second-order valence-corrected chi connectivity index (χ2v) is 7.61. The second-order valence-electron chi connectivity index (χ2n) is 7.61. The van der Waals surface area contributed by atoms with Crippen molar-refractivity contribution in [1.29, 1.82) is 0 Å². The van der Waals surface area contributed by atoms with Gasteiger partial charge in [-0.25, -0.2) is 0 Å². The van der Waals surface area contributed by atoms with Gasteiger partial charge in [0, 0.05) is 24.0 Å². The van der Waals surface area contributed by atoms with Crippen LogP contribution >= 0.6 is 0 Å². The highest BCUT2D eigenvalue weighted by molar-refractivity contribution is 5.99. The van der Waals surface area contributed by atoms with E-state index < -0.39 is 11.7 Å². The number of hydrogen-bond donors (Lipinski definition) is 1. The highest BCUT2D eigenvalue weighted by atomic mass is 19.4. The third-order valence-electron chi connectivity index (χ3n) is 5.45. The molecule has 0 bridgehead atoms. The SMILES string of the molecule is FC(F)(F)c1cccnc1-c1ccc2c(c1)NC(COCCN1CCCCC1)=NC2. The molecule has 0 unspecified atom stereocenters. The molecule has 1 aromatic carbocycles. The predicted octanol–water partition coefficient (Wildman–Crippen LogP) is 4.59. The lowest BCUT2D eigenvalue weighted by molar-refractivity contribution is -0.137. The predicted molar refractivity (Wildman–Crippen MR) is 111 cm³/mol. The average molecular weight is 418 g/mol. The molecular formula is C22H25F3N4O. The molecule has 3 heterocycles. The Balaban J connectivity index is 1.39. The Morgan fingerprint density at radius 3 is 2.73 bits per heavy atom. The fourth-order valence-corrected chi connectivity index (χ4v) is 3.84. The van der Waals surface area contributed by atoms with E-state index in [4.69, 9.17) is 4.74 Å². The van der Waals surface area contributed by atoms with Crippen molar-refractivity contribution in [3.8, 4) is 11.3 Å². The first-order chi connectivity index (χ1) is 14.5. The van der Waals surface area contributed by atoms with Crippen LogP contribution in [-0.2, 0) is 17.5 Å². The van der Waals surface area contributed by atoms with E-state index >= 15 is 0 Å². The van der Waals surface area contributed by atoms with Gasteiger partial charge in [0.1, 0.15) is 12.4 Å². The number of halogens is 3. The van der Waals surface area contributed by atoms with Gasteiger partial charge in [-0.2, -0.15) is 13.2 Å². The summed E-state index contributed by atoms with van der Waals surface area (Å²) < 4.78 is 45.8. The highest BCUT2D eigenvalue weighted by Crippen LogP contribution is 2.37. The number of alkyl halides is 3. The molecule has 0 amide bonds. The van der Waals surface area contributed by atoms with Crippen LogP contribution < -0.4 is 5.32 Å². The van der Waals surface area contributed by atoms with Gasteiger partial charge in [0.15, 0.2) is 0 Å². The van der Waals surface area contributed by atoms with Crippen molar-refractivity contribution >= 4 is 11.5 Å². The lowest BCUT2D eigenvalue weighted by Gasteiger charge is -2.26. The second kappa shape index (κ2) is 9.14. The first-order valence-corrected chi connectivity index (χ1v) is 10.3. The Morgan fingerprint density at radius 1 is 1.10 bits per heavy atom. The number of hydrogen-bond acceptors (Lipinski definition) is 5. The van der Waals surface area contributed by atoms with Crippen molar-refractivity contribution in [3.63, 3.8) is 0 Å². The van der Waals surface area contributed by atoms with E-state index in [-0.39, 0.29) is 5.69 Å². The quantitative estimate of drug-likeness (QED) is 0.697. The molecule has 2 aliphatic heterocycles. The molecule has 5 nitrogen and oxygen atoms in total. The van der Waals surface area contributed by atoms with Crippen LogP contribution in [0.3, 0.4) is 0 Å². The molecule has 1 saturated heterocycles. The number of ether oxygens (including phenoxy) is 1. The standard InChI is InChI=1S/C22H25F3N4O/c23-22(24,25)18-5-4-8-26-21(18)16-6-7-17-14-27-20(28-19(17)13-16)15-30-12-11-29-9-2-1-3-10-29/h4-8,13H,1-3,9-12,14-15H2,(H,27,28). The molecule has 0 spiro atoms. The lowest BCUT2D eigenvalue weighted by Crippen LogP contribution is -2.33. The molecule has 0 aliphatic carbocycles. The molecule has 160 valence electrons. The normalized spacial score (nSPS) is 17.2. The lowest BCUT2D eigenvalue weighted by atomic mass is 10.0. The number of rotatable bonds is 6. The molecule has 2 aromatic rings. The summed E-state index contributed by atoms with van der Waals surface area (Å²) in [6.07, 6.45) is 0.726. The molecule has 30 heavy (non-hydrogen) atoms. The van der Waals surface area contributed by atoms with E-state index in [1.54, 1.807) is 18.2 Å². The van der Waals surface area contributed by atoms with Crippen LogP contribution in [0.4, 0.5) is 18.9 Å². The van der Waals surface area contributed by atoms with Gasteiger partial charge in [-0.1, -0.05) is 18.6 Å². The maximum absolute atomic E-state index is 13.3. The van der Waals surface area contributed by atoms with Crippen molar-refractivity contribution in [2.45, 2.75) is 32.0 Å². The van der Waals surface area contributed by atoms with Crippen molar-refractivity contribution in [1.82, 2.24) is 9.88 Å². The van der Waals surface area contributed by atoms with Gasteiger partial charge < -0.3 is 15.0 Å². The fraction of sp³-hybridized carbons (Fsp3) is 0.455. The third kappa shape index (κ3) is 4.99. The van der Waals surface area contributed by atoms with E-state index in [0.29, 0.717) is 31.2 Å². The zero-order valence-corrected chi connectivity index (χ0v) is 16.7. The summed E-state index contributed by atoms with van der Waals surface area (Å²) >= 11 is 0. The zero-order valence-electron chi connectivity index (χ0n) is 16.7. The molecule has 4 rings (SSSR count). The van der Waals surface area contributed by atoms with Gasteiger partial charge in [0.05, 0.1) is 24.4 Å². The number of nitrogens with one attached hydrogen (secondary N) is 1. The molecule has 0 saturated carbocycles. The molecule has 0 radical (unpaired) electrons. The van der Waals surface area contributed by atoms with Crippen molar-refractivity contribution < 1.29 is 17.9 Å². The highest BCUT2D eigenvalue weighted by Gasteiger charge is 2.34. The maximum Gasteiger partial charge on any atom is 0.418 e. The van der Waals surface area contributed by atoms with Gasteiger partial charge in [-0.15, -0.1) is 0 Å². The van der Waals surface area contributed by atoms with Gasteiger partial charge in [0.2, 0.25) is 0 Å². The summed E-state index contributed by atoms with van der Waals surface area (Å²) in [5.41, 5.74) is 1.28. The maximum atomic E-state index is 13.3.